The van der Waals surface area contributed by atoms with Crippen molar-refractivity contribution in [2.45, 2.75) is 13.8 Å². The average molecular weight is 236 g/mol. The van der Waals surface area contributed by atoms with Crippen LogP contribution in [0.15, 0.2) is 18.5 Å². The van der Waals surface area contributed by atoms with E-state index in [1.807, 2.05) is 0 Å². The largest absolute Gasteiger partial charge is 0.398 e. The first-order valence-corrected chi connectivity index (χ1v) is 5.89. The number of likely N-dealkylation sites (N-methyl/N-ethyl adjacent to an activating group) is 1. The lowest BCUT2D eigenvalue weighted by molar-refractivity contribution is 0.0949. The summed E-state index contributed by atoms with van der Waals surface area (Å²) in [6.07, 6.45) is 3.06. The number of hydrogen-bond donors (Lipinski definition) is 2. The van der Waals surface area contributed by atoms with Crippen LogP contribution in [0, 0.1) is 0 Å². The van der Waals surface area contributed by atoms with Gasteiger partial charge >= 0.3 is 0 Å². The number of hydrogen-bond acceptors (Lipinski definition) is 4. The Kier molecular flexibility index (Phi) is 5.42. The Morgan fingerprint density at radius 1 is 1.47 bits per heavy atom. The molecule has 94 valence electrons. The summed E-state index contributed by atoms with van der Waals surface area (Å²) in [7, 11) is 0. The van der Waals surface area contributed by atoms with Gasteiger partial charge in [0.25, 0.3) is 5.91 Å². The van der Waals surface area contributed by atoms with E-state index in [4.69, 9.17) is 5.73 Å². The summed E-state index contributed by atoms with van der Waals surface area (Å²) in [6.45, 7) is 7.64. The molecule has 1 heterocycles. The molecule has 0 saturated carbocycles. The average Bonchev–Trinajstić information content (AvgIpc) is 2.35. The number of nitrogen functional groups attached to an aromatic ring is 1. The molecule has 0 fully saturated rings. The van der Waals surface area contributed by atoms with Crippen LogP contribution in [-0.4, -0.2) is 42.0 Å². The molecule has 0 spiro atoms. The number of carbonyl (C=O) groups excluding carboxylic acids is 1. The Morgan fingerprint density at radius 2 is 2.18 bits per heavy atom. The number of nitrogens with one attached hydrogen (secondary N) is 1. The van der Waals surface area contributed by atoms with Crippen LogP contribution in [0.5, 0.6) is 0 Å². The highest BCUT2D eigenvalue weighted by Crippen LogP contribution is 2.07. The summed E-state index contributed by atoms with van der Waals surface area (Å²) in [4.78, 5) is 17.9. The zero-order chi connectivity index (χ0) is 12.7. The smallest absolute Gasteiger partial charge is 0.254 e. The van der Waals surface area contributed by atoms with E-state index < -0.39 is 0 Å². The van der Waals surface area contributed by atoms with Gasteiger partial charge in [0.1, 0.15) is 0 Å². The van der Waals surface area contributed by atoms with E-state index in [0.717, 1.165) is 19.6 Å². The molecule has 0 aliphatic heterocycles. The molecular weight excluding hydrogens is 216 g/mol. The number of aromatic nitrogens is 1. The van der Waals surface area contributed by atoms with Crippen molar-refractivity contribution >= 4 is 11.6 Å². The first-order valence-electron chi connectivity index (χ1n) is 5.89. The van der Waals surface area contributed by atoms with Crippen molar-refractivity contribution in [1.82, 2.24) is 15.2 Å². The third kappa shape index (κ3) is 4.03. The van der Waals surface area contributed by atoms with Gasteiger partial charge in [0, 0.05) is 31.2 Å². The quantitative estimate of drug-likeness (QED) is 0.764. The molecule has 0 atom stereocenters. The summed E-state index contributed by atoms with van der Waals surface area (Å²) in [5.41, 5.74) is 6.59. The summed E-state index contributed by atoms with van der Waals surface area (Å²) >= 11 is 0. The Morgan fingerprint density at radius 3 is 2.76 bits per heavy atom. The van der Waals surface area contributed by atoms with Crippen LogP contribution in [0.1, 0.15) is 24.2 Å². The molecule has 0 aliphatic carbocycles. The van der Waals surface area contributed by atoms with Crippen LogP contribution in [0.25, 0.3) is 0 Å². The maximum Gasteiger partial charge on any atom is 0.254 e. The van der Waals surface area contributed by atoms with Gasteiger partial charge in [0.05, 0.1) is 5.56 Å². The van der Waals surface area contributed by atoms with Gasteiger partial charge in [-0.05, 0) is 19.2 Å². The van der Waals surface area contributed by atoms with Gasteiger partial charge in [0.2, 0.25) is 0 Å². The monoisotopic (exact) mass is 236 g/mol. The minimum absolute atomic E-state index is 0.164. The highest BCUT2D eigenvalue weighted by atomic mass is 16.1. The fourth-order valence-electron chi connectivity index (χ4n) is 1.56. The van der Waals surface area contributed by atoms with Gasteiger partial charge in [0.15, 0.2) is 0 Å². The van der Waals surface area contributed by atoms with Crippen LogP contribution >= 0.6 is 0 Å². The zero-order valence-electron chi connectivity index (χ0n) is 10.4. The van der Waals surface area contributed by atoms with E-state index >= 15 is 0 Å². The van der Waals surface area contributed by atoms with Gasteiger partial charge in [-0.2, -0.15) is 0 Å². The lowest BCUT2D eigenvalue weighted by Crippen LogP contribution is -2.35. The number of amides is 1. The van der Waals surface area contributed by atoms with Gasteiger partial charge < -0.3 is 16.0 Å². The molecule has 5 heteroatoms. The lowest BCUT2D eigenvalue weighted by atomic mass is 10.2. The summed E-state index contributed by atoms with van der Waals surface area (Å²) in [5, 5.41) is 2.84. The molecule has 5 nitrogen and oxygen atoms in total. The van der Waals surface area contributed by atoms with Crippen LogP contribution in [0.2, 0.25) is 0 Å². The Hall–Kier alpha value is -1.62. The molecular formula is C12H20N4O. The van der Waals surface area contributed by atoms with Crippen molar-refractivity contribution < 1.29 is 4.79 Å². The van der Waals surface area contributed by atoms with Gasteiger partial charge in [-0.1, -0.05) is 13.8 Å². The van der Waals surface area contributed by atoms with Crippen LogP contribution in [0.4, 0.5) is 5.69 Å². The number of carbonyl (C=O) groups is 1. The van der Waals surface area contributed by atoms with Gasteiger partial charge in [-0.3, -0.25) is 9.78 Å². The minimum atomic E-state index is -0.164. The molecule has 0 bridgehead atoms. The Labute approximate surface area is 102 Å². The molecule has 1 rings (SSSR count). The number of rotatable bonds is 6. The van der Waals surface area contributed by atoms with Crippen molar-refractivity contribution in [3.05, 3.63) is 24.0 Å². The third-order valence-electron chi connectivity index (χ3n) is 2.71. The molecule has 0 aromatic carbocycles. The number of nitrogens with zero attached hydrogens (tertiary/aromatic N) is 2. The molecule has 17 heavy (non-hydrogen) atoms. The summed E-state index contributed by atoms with van der Waals surface area (Å²) in [5.74, 6) is -0.164. The van der Waals surface area contributed by atoms with Gasteiger partial charge in [-0.15, -0.1) is 0 Å². The molecule has 0 saturated heterocycles. The predicted molar refractivity (Wildman–Crippen MR) is 68.8 cm³/mol. The molecule has 0 radical (unpaired) electrons. The van der Waals surface area contributed by atoms with E-state index in [0.29, 0.717) is 17.8 Å². The molecule has 3 N–H and O–H groups in total. The predicted octanol–water partition coefficient (Wildman–Crippen LogP) is 0.735. The Bertz CT molecular complexity index is 363. The third-order valence-corrected chi connectivity index (χ3v) is 2.71. The maximum atomic E-state index is 11.8. The first kappa shape index (κ1) is 13.4. The van der Waals surface area contributed by atoms with Crippen LogP contribution < -0.4 is 11.1 Å². The fraction of sp³-hybridized carbons (Fsp3) is 0.500. The van der Waals surface area contributed by atoms with Gasteiger partial charge in [-0.25, -0.2) is 0 Å². The number of nitrogens with two attached hydrogens (primary N) is 1. The topological polar surface area (TPSA) is 71.2 Å². The lowest BCUT2D eigenvalue weighted by Gasteiger charge is -2.18. The maximum absolute atomic E-state index is 11.8. The summed E-state index contributed by atoms with van der Waals surface area (Å²) in [6, 6.07) is 1.62. The van der Waals surface area contributed by atoms with E-state index in [1.54, 1.807) is 12.3 Å². The van der Waals surface area contributed by atoms with Crippen molar-refractivity contribution in [2.24, 2.45) is 0 Å². The van der Waals surface area contributed by atoms with Crippen molar-refractivity contribution in [3.63, 3.8) is 0 Å². The minimum Gasteiger partial charge on any atom is -0.398 e. The molecule has 1 amide bonds. The van der Waals surface area contributed by atoms with Crippen molar-refractivity contribution in [1.29, 1.82) is 0 Å². The normalized spacial score (nSPS) is 10.5. The Balaban J connectivity index is 2.43. The highest BCUT2D eigenvalue weighted by molar-refractivity contribution is 5.98. The van der Waals surface area contributed by atoms with E-state index in [-0.39, 0.29) is 5.91 Å². The molecule has 0 unspecified atom stereocenters. The summed E-state index contributed by atoms with van der Waals surface area (Å²) < 4.78 is 0. The van der Waals surface area contributed by atoms with E-state index in [9.17, 15) is 4.79 Å². The first-order chi connectivity index (χ1) is 8.19. The molecule has 1 aromatic rings. The van der Waals surface area contributed by atoms with Crippen LogP contribution in [-0.2, 0) is 0 Å². The zero-order valence-corrected chi connectivity index (χ0v) is 10.4. The van der Waals surface area contributed by atoms with Crippen LogP contribution in [0.3, 0.4) is 0 Å². The van der Waals surface area contributed by atoms with Crippen molar-refractivity contribution in [2.75, 3.05) is 31.9 Å². The standard InChI is InChI=1S/C12H20N4O/c1-3-16(4-2)8-7-15-12(17)10-9-14-6-5-11(10)13/h5-6,9H,3-4,7-8H2,1-2H3,(H2,13,14)(H,15,17). The number of pyridine rings is 1. The van der Waals surface area contributed by atoms with Crippen molar-refractivity contribution in [3.8, 4) is 0 Å². The molecule has 0 aliphatic rings. The molecule has 1 aromatic heterocycles. The fourth-order valence-corrected chi connectivity index (χ4v) is 1.56. The van der Waals surface area contributed by atoms with E-state index in [2.05, 4.69) is 29.0 Å². The number of anilines is 1. The second-order valence-electron chi connectivity index (χ2n) is 3.75. The van der Waals surface area contributed by atoms with E-state index in [1.165, 1.54) is 6.20 Å². The SMILES string of the molecule is CCN(CC)CCNC(=O)c1cnccc1N. The highest BCUT2D eigenvalue weighted by Gasteiger charge is 2.09. The second-order valence-corrected chi connectivity index (χ2v) is 3.75. The second kappa shape index (κ2) is 6.85.